The standard InChI is InChI=1S/C9H10N4O4S2/c1-17-8(14)2-6-4-18-9(12-6)13-19(15,16)7-3-10-5-11-7/h3-5H,2H2,1H3,(H,10,11)(H,12,13). The van der Waals surface area contributed by atoms with Crippen LogP contribution in [0.15, 0.2) is 22.9 Å². The van der Waals surface area contributed by atoms with E-state index in [0.717, 1.165) is 11.3 Å². The van der Waals surface area contributed by atoms with Crippen molar-refractivity contribution in [3.63, 3.8) is 0 Å². The van der Waals surface area contributed by atoms with Gasteiger partial charge in [0.25, 0.3) is 10.0 Å². The normalized spacial score (nSPS) is 11.2. The third-order valence-corrected chi connectivity index (χ3v) is 4.29. The minimum Gasteiger partial charge on any atom is -0.469 e. The average molecular weight is 302 g/mol. The van der Waals surface area contributed by atoms with Crippen molar-refractivity contribution in [1.29, 1.82) is 0 Å². The summed E-state index contributed by atoms with van der Waals surface area (Å²) in [6.07, 6.45) is 2.45. The quantitative estimate of drug-likeness (QED) is 0.772. The molecule has 102 valence electrons. The van der Waals surface area contributed by atoms with Gasteiger partial charge < -0.3 is 9.72 Å². The zero-order valence-corrected chi connectivity index (χ0v) is 11.4. The number of aromatic amines is 1. The molecule has 2 heterocycles. The molecule has 0 saturated carbocycles. The van der Waals surface area contributed by atoms with Crippen molar-refractivity contribution in [3.8, 4) is 0 Å². The van der Waals surface area contributed by atoms with Gasteiger partial charge in [0.05, 0.1) is 31.7 Å². The molecule has 0 aliphatic carbocycles. The van der Waals surface area contributed by atoms with E-state index in [1.165, 1.54) is 19.6 Å². The van der Waals surface area contributed by atoms with Gasteiger partial charge in [-0.1, -0.05) is 0 Å². The van der Waals surface area contributed by atoms with Crippen LogP contribution in [0.25, 0.3) is 0 Å². The third kappa shape index (κ3) is 3.29. The molecule has 0 aliphatic heterocycles. The van der Waals surface area contributed by atoms with Crippen LogP contribution in [0.4, 0.5) is 5.13 Å². The summed E-state index contributed by atoms with van der Waals surface area (Å²) >= 11 is 1.08. The Morgan fingerprint density at radius 2 is 2.37 bits per heavy atom. The van der Waals surface area contributed by atoms with Crippen LogP contribution in [0, 0.1) is 0 Å². The maximum Gasteiger partial charge on any atom is 0.311 e. The zero-order valence-electron chi connectivity index (χ0n) is 9.78. The molecule has 0 bridgehead atoms. The number of hydrogen-bond donors (Lipinski definition) is 2. The van der Waals surface area contributed by atoms with Crippen LogP contribution in [-0.2, 0) is 26.0 Å². The number of anilines is 1. The van der Waals surface area contributed by atoms with E-state index in [1.54, 1.807) is 5.38 Å². The van der Waals surface area contributed by atoms with Gasteiger partial charge in [-0.15, -0.1) is 11.3 Å². The Morgan fingerprint density at radius 1 is 1.58 bits per heavy atom. The molecular weight excluding hydrogens is 292 g/mol. The monoisotopic (exact) mass is 302 g/mol. The van der Waals surface area contributed by atoms with E-state index >= 15 is 0 Å². The predicted molar refractivity (Wildman–Crippen MR) is 67.2 cm³/mol. The average Bonchev–Trinajstić information content (AvgIpc) is 3.00. The highest BCUT2D eigenvalue weighted by atomic mass is 32.2. The van der Waals surface area contributed by atoms with Crippen molar-refractivity contribution in [1.82, 2.24) is 15.0 Å². The molecule has 0 radical (unpaired) electrons. The molecule has 0 fully saturated rings. The number of hydrogen-bond acceptors (Lipinski definition) is 7. The number of nitrogens with zero attached hydrogens (tertiary/aromatic N) is 2. The fourth-order valence-electron chi connectivity index (χ4n) is 1.22. The first-order chi connectivity index (χ1) is 9.01. The molecule has 8 nitrogen and oxygen atoms in total. The smallest absolute Gasteiger partial charge is 0.311 e. The van der Waals surface area contributed by atoms with E-state index in [-0.39, 0.29) is 16.6 Å². The van der Waals surface area contributed by atoms with Crippen molar-refractivity contribution in [2.45, 2.75) is 11.4 Å². The lowest BCUT2D eigenvalue weighted by molar-refractivity contribution is -0.139. The van der Waals surface area contributed by atoms with E-state index in [9.17, 15) is 13.2 Å². The van der Waals surface area contributed by atoms with E-state index in [0.29, 0.717) is 5.69 Å². The summed E-state index contributed by atoms with van der Waals surface area (Å²) in [7, 11) is -2.45. The maximum absolute atomic E-state index is 11.8. The molecule has 19 heavy (non-hydrogen) atoms. The fourth-order valence-corrected chi connectivity index (χ4v) is 3.08. The number of thiazole rings is 1. The Morgan fingerprint density at radius 3 is 3.00 bits per heavy atom. The number of sulfonamides is 1. The second-order valence-corrected chi connectivity index (χ2v) is 5.93. The van der Waals surface area contributed by atoms with Gasteiger partial charge in [0.1, 0.15) is 0 Å². The molecular formula is C9H10N4O4S2. The number of imidazole rings is 1. The van der Waals surface area contributed by atoms with E-state index in [2.05, 4.69) is 24.4 Å². The van der Waals surface area contributed by atoms with Crippen molar-refractivity contribution < 1.29 is 17.9 Å². The van der Waals surface area contributed by atoms with Gasteiger partial charge in [0, 0.05) is 5.38 Å². The molecule has 0 aliphatic rings. The lowest BCUT2D eigenvalue weighted by atomic mass is 10.3. The summed E-state index contributed by atoms with van der Waals surface area (Å²) in [5.41, 5.74) is 0.444. The van der Waals surface area contributed by atoms with Crippen LogP contribution in [-0.4, -0.2) is 36.4 Å². The highest BCUT2D eigenvalue weighted by molar-refractivity contribution is 7.92. The van der Waals surface area contributed by atoms with Crippen LogP contribution < -0.4 is 4.72 Å². The van der Waals surface area contributed by atoms with Gasteiger partial charge >= 0.3 is 5.97 Å². The number of ether oxygens (including phenoxy) is 1. The molecule has 0 unspecified atom stereocenters. The van der Waals surface area contributed by atoms with E-state index in [1.807, 2.05) is 0 Å². The molecule has 2 N–H and O–H groups in total. The summed E-state index contributed by atoms with van der Waals surface area (Å²) in [5.74, 6) is -0.437. The Bertz CT molecular complexity index is 662. The summed E-state index contributed by atoms with van der Waals surface area (Å²) in [6, 6.07) is 0. The molecule has 2 aromatic heterocycles. The predicted octanol–water partition coefficient (Wildman–Crippen LogP) is 0.382. The Hall–Kier alpha value is -1.94. The molecule has 0 atom stereocenters. The topological polar surface area (TPSA) is 114 Å². The zero-order chi connectivity index (χ0) is 13.9. The Balaban J connectivity index is 2.10. The van der Waals surface area contributed by atoms with E-state index < -0.39 is 16.0 Å². The molecule has 0 spiro atoms. The number of esters is 1. The van der Waals surface area contributed by atoms with Crippen LogP contribution in [0.2, 0.25) is 0 Å². The first kappa shape index (κ1) is 13.5. The van der Waals surface area contributed by atoms with Gasteiger partial charge in [-0.05, 0) is 0 Å². The van der Waals surface area contributed by atoms with Gasteiger partial charge in [-0.25, -0.2) is 9.97 Å². The summed E-state index contributed by atoms with van der Waals surface area (Å²) < 4.78 is 30.5. The fraction of sp³-hybridized carbons (Fsp3) is 0.222. The number of rotatable bonds is 5. The molecule has 0 saturated heterocycles. The third-order valence-electron chi connectivity index (χ3n) is 2.09. The molecule has 10 heteroatoms. The van der Waals surface area contributed by atoms with Crippen LogP contribution >= 0.6 is 11.3 Å². The number of carbonyl (C=O) groups is 1. The maximum atomic E-state index is 11.8. The lowest BCUT2D eigenvalue weighted by Gasteiger charge is -2.01. The van der Waals surface area contributed by atoms with Crippen LogP contribution in [0.5, 0.6) is 0 Å². The van der Waals surface area contributed by atoms with Gasteiger partial charge in [0.2, 0.25) is 0 Å². The van der Waals surface area contributed by atoms with Crippen molar-refractivity contribution >= 4 is 32.5 Å². The second kappa shape index (κ2) is 5.36. The summed E-state index contributed by atoms with van der Waals surface area (Å²) in [5, 5.41) is 1.70. The molecule has 0 aromatic carbocycles. The molecule has 2 aromatic rings. The number of nitrogens with one attached hydrogen (secondary N) is 2. The summed E-state index contributed by atoms with van der Waals surface area (Å²) in [4.78, 5) is 21.2. The Kier molecular flexibility index (Phi) is 3.81. The Labute approximate surface area is 112 Å². The number of methoxy groups -OCH3 is 1. The number of carbonyl (C=O) groups excluding carboxylic acids is 1. The minimum absolute atomic E-state index is 0.00121. The largest absolute Gasteiger partial charge is 0.469 e. The lowest BCUT2D eigenvalue weighted by Crippen LogP contribution is -2.13. The van der Waals surface area contributed by atoms with Crippen LogP contribution in [0.3, 0.4) is 0 Å². The first-order valence-corrected chi connectivity index (χ1v) is 7.40. The van der Waals surface area contributed by atoms with Gasteiger partial charge in [-0.3, -0.25) is 9.52 Å². The number of H-pyrrole nitrogens is 1. The van der Waals surface area contributed by atoms with Crippen molar-refractivity contribution in [2.75, 3.05) is 11.8 Å². The number of aromatic nitrogens is 3. The van der Waals surface area contributed by atoms with Gasteiger partial charge in [0.15, 0.2) is 10.2 Å². The minimum atomic E-state index is -3.73. The highest BCUT2D eigenvalue weighted by Crippen LogP contribution is 2.19. The summed E-state index contributed by atoms with van der Waals surface area (Å²) in [6.45, 7) is 0. The second-order valence-electron chi connectivity index (χ2n) is 3.42. The SMILES string of the molecule is COC(=O)Cc1csc(NS(=O)(=O)c2cnc[nH]2)n1. The van der Waals surface area contributed by atoms with Crippen LogP contribution in [0.1, 0.15) is 5.69 Å². The first-order valence-electron chi connectivity index (χ1n) is 5.03. The van der Waals surface area contributed by atoms with Crippen molar-refractivity contribution in [2.24, 2.45) is 0 Å². The van der Waals surface area contributed by atoms with Gasteiger partial charge in [-0.2, -0.15) is 8.42 Å². The van der Waals surface area contributed by atoms with E-state index in [4.69, 9.17) is 0 Å². The van der Waals surface area contributed by atoms with Crippen molar-refractivity contribution in [3.05, 3.63) is 23.6 Å². The highest BCUT2D eigenvalue weighted by Gasteiger charge is 2.17. The molecule has 2 rings (SSSR count). The molecule has 0 amide bonds.